The number of hydrogen-bond donors (Lipinski definition) is 0. The first-order valence-electron chi connectivity index (χ1n) is 6.69. The molecule has 0 spiro atoms. The lowest BCUT2D eigenvalue weighted by Gasteiger charge is -2.19. The molecule has 1 aliphatic rings. The van der Waals surface area contributed by atoms with Gasteiger partial charge in [-0.15, -0.1) is 0 Å². The van der Waals surface area contributed by atoms with E-state index in [9.17, 15) is 14.9 Å². The van der Waals surface area contributed by atoms with E-state index in [1.807, 2.05) is 6.07 Å². The normalized spacial score (nSPS) is 16.0. The van der Waals surface area contributed by atoms with Crippen molar-refractivity contribution in [1.29, 1.82) is 5.26 Å². The average molecular weight is 304 g/mol. The molecule has 1 unspecified atom stereocenters. The van der Waals surface area contributed by atoms with Crippen LogP contribution in [-0.4, -0.2) is 44.1 Å². The van der Waals surface area contributed by atoms with Crippen LogP contribution in [0.1, 0.15) is 28.9 Å². The molecular weight excluding hydrogens is 288 g/mol. The fourth-order valence-electron chi connectivity index (χ4n) is 2.42. The van der Waals surface area contributed by atoms with Crippen molar-refractivity contribution in [3.8, 4) is 17.6 Å². The van der Waals surface area contributed by atoms with Gasteiger partial charge in [0.05, 0.1) is 32.5 Å². The first-order valence-corrected chi connectivity index (χ1v) is 6.69. The zero-order chi connectivity index (χ0) is 16.3. The van der Waals surface area contributed by atoms with E-state index in [1.165, 1.54) is 25.2 Å². The highest BCUT2D eigenvalue weighted by Crippen LogP contribution is 2.41. The Morgan fingerprint density at radius 2 is 2.09 bits per heavy atom. The molecule has 2 rings (SSSR count). The Labute approximate surface area is 128 Å². The fraction of sp³-hybridized carbons (Fsp3) is 0.400. The van der Waals surface area contributed by atoms with Crippen LogP contribution in [0.2, 0.25) is 0 Å². The van der Waals surface area contributed by atoms with Crippen molar-refractivity contribution in [2.24, 2.45) is 0 Å². The maximum Gasteiger partial charge on any atom is 0.325 e. The zero-order valence-electron chi connectivity index (χ0n) is 12.6. The second-order valence-corrected chi connectivity index (χ2v) is 4.56. The van der Waals surface area contributed by atoms with Gasteiger partial charge in [-0.1, -0.05) is 0 Å². The van der Waals surface area contributed by atoms with E-state index < -0.39 is 17.9 Å². The third kappa shape index (κ3) is 2.55. The number of amides is 1. The van der Waals surface area contributed by atoms with Crippen molar-refractivity contribution in [2.75, 3.05) is 27.4 Å². The van der Waals surface area contributed by atoms with Gasteiger partial charge in [0.15, 0.2) is 0 Å². The lowest BCUT2D eigenvalue weighted by atomic mass is 10.0. The Kier molecular flexibility index (Phi) is 4.51. The van der Waals surface area contributed by atoms with E-state index in [1.54, 1.807) is 13.0 Å². The van der Waals surface area contributed by atoms with Crippen LogP contribution in [0.4, 0.5) is 0 Å². The number of carbonyl (C=O) groups excluding carboxylic acids is 2. The first-order chi connectivity index (χ1) is 10.6. The number of esters is 1. The van der Waals surface area contributed by atoms with Crippen molar-refractivity contribution in [3.05, 3.63) is 23.3 Å². The second-order valence-electron chi connectivity index (χ2n) is 4.56. The highest BCUT2D eigenvalue weighted by Gasteiger charge is 2.41. The molecule has 116 valence electrons. The average Bonchev–Trinajstić information content (AvgIpc) is 2.79. The van der Waals surface area contributed by atoms with Gasteiger partial charge in [0, 0.05) is 11.6 Å². The number of methoxy groups -OCH3 is 2. The Bertz CT molecular complexity index is 650. The van der Waals surface area contributed by atoms with Crippen LogP contribution in [0.3, 0.4) is 0 Å². The molecule has 0 saturated heterocycles. The lowest BCUT2D eigenvalue weighted by Crippen LogP contribution is -2.33. The third-order valence-electron chi connectivity index (χ3n) is 3.37. The van der Waals surface area contributed by atoms with Crippen molar-refractivity contribution in [3.63, 3.8) is 0 Å². The molecule has 0 bridgehead atoms. The highest BCUT2D eigenvalue weighted by molar-refractivity contribution is 6.02. The van der Waals surface area contributed by atoms with Crippen LogP contribution >= 0.6 is 0 Å². The summed E-state index contributed by atoms with van der Waals surface area (Å²) in [4.78, 5) is 25.3. The second kappa shape index (κ2) is 6.35. The molecule has 0 radical (unpaired) electrons. The molecule has 7 heteroatoms. The van der Waals surface area contributed by atoms with Gasteiger partial charge in [-0.3, -0.25) is 9.59 Å². The number of fused-ring (bicyclic) bond motifs is 1. The van der Waals surface area contributed by atoms with E-state index in [2.05, 4.69) is 0 Å². The van der Waals surface area contributed by atoms with Crippen LogP contribution in [0, 0.1) is 11.3 Å². The van der Waals surface area contributed by atoms with E-state index in [0.29, 0.717) is 22.6 Å². The minimum absolute atomic E-state index is 0.210. The predicted octanol–water partition coefficient (Wildman–Crippen LogP) is 1.29. The summed E-state index contributed by atoms with van der Waals surface area (Å²) < 4.78 is 15.2. The molecule has 7 nitrogen and oxygen atoms in total. The van der Waals surface area contributed by atoms with Gasteiger partial charge in [-0.25, -0.2) is 0 Å². The quantitative estimate of drug-likeness (QED) is 0.761. The van der Waals surface area contributed by atoms with Crippen LogP contribution in [0.25, 0.3) is 0 Å². The summed E-state index contributed by atoms with van der Waals surface area (Å²) in [5.74, 6) is -0.166. The van der Waals surface area contributed by atoms with Crippen molar-refractivity contribution < 1.29 is 23.8 Å². The SMILES string of the molecule is CCOC(=O)CN1C(=O)c2cc(OC)cc(OC)c2C1C#N. The van der Waals surface area contributed by atoms with Crippen LogP contribution < -0.4 is 9.47 Å². The molecule has 0 saturated carbocycles. The molecule has 0 N–H and O–H groups in total. The summed E-state index contributed by atoms with van der Waals surface area (Å²) in [6, 6.07) is 4.28. The summed E-state index contributed by atoms with van der Waals surface area (Å²) in [7, 11) is 2.92. The number of nitriles is 1. The lowest BCUT2D eigenvalue weighted by molar-refractivity contribution is -0.144. The number of carbonyl (C=O) groups is 2. The largest absolute Gasteiger partial charge is 0.497 e. The van der Waals surface area contributed by atoms with Crippen LogP contribution in [0.15, 0.2) is 12.1 Å². The van der Waals surface area contributed by atoms with Gasteiger partial charge in [-0.05, 0) is 13.0 Å². The number of ether oxygens (including phenoxy) is 3. The van der Waals surface area contributed by atoms with Crippen molar-refractivity contribution in [1.82, 2.24) is 4.90 Å². The van der Waals surface area contributed by atoms with Crippen LogP contribution in [-0.2, 0) is 9.53 Å². The van der Waals surface area contributed by atoms with Gasteiger partial charge in [-0.2, -0.15) is 5.26 Å². The fourth-order valence-corrected chi connectivity index (χ4v) is 2.42. The molecule has 0 fully saturated rings. The van der Waals surface area contributed by atoms with Gasteiger partial charge in [0.25, 0.3) is 5.91 Å². The Hall–Kier alpha value is -2.75. The Balaban J connectivity index is 2.45. The molecule has 1 aliphatic heterocycles. The summed E-state index contributed by atoms with van der Waals surface area (Å²) in [6.07, 6.45) is 0. The molecule has 1 aromatic carbocycles. The van der Waals surface area contributed by atoms with Crippen LogP contribution in [0.5, 0.6) is 11.5 Å². The van der Waals surface area contributed by atoms with E-state index in [4.69, 9.17) is 14.2 Å². The predicted molar refractivity (Wildman–Crippen MR) is 75.6 cm³/mol. The maximum absolute atomic E-state index is 12.5. The molecule has 1 heterocycles. The topological polar surface area (TPSA) is 88.9 Å². The number of hydrogen-bond acceptors (Lipinski definition) is 6. The van der Waals surface area contributed by atoms with Crippen molar-refractivity contribution >= 4 is 11.9 Å². The first kappa shape index (κ1) is 15.6. The van der Waals surface area contributed by atoms with E-state index in [0.717, 1.165) is 0 Å². The molecular formula is C15H16N2O5. The Morgan fingerprint density at radius 1 is 1.36 bits per heavy atom. The molecule has 0 aromatic heterocycles. The summed E-state index contributed by atoms with van der Waals surface area (Å²) in [5, 5.41) is 9.41. The maximum atomic E-state index is 12.5. The molecule has 1 amide bonds. The number of benzene rings is 1. The van der Waals surface area contributed by atoms with Crippen molar-refractivity contribution in [2.45, 2.75) is 13.0 Å². The number of nitrogens with zero attached hydrogens (tertiary/aromatic N) is 2. The summed E-state index contributed by atoms with van der Waals surface area (Å²) in [5.41, 5.74) is 0.743. The molecule has 0 aliphatic carbocycles. The minimum Gasteiger partial charge on any atom is -0.497 e. The standard InChI is InChI=1S/C15H16N2O5/c1-4-22-13(18)8-17-11(7-16)14-10(15(17)19)5-9(20-2)6-12(14)21-3/h5-6,11H,4,8H2,1-3H3. The third-order valence-corrected chi connectivity index (χ3v) is 3.37. The smallest absolute Gasteiger partial charge is 0.325 e. The monoisotopic (exact) mass is 304 g/mol. The molecule has 1 atom stereocenters. The van der Waals surface area contributed by atoms with E-state index in [-0.39, 0.29) is 13.2 Å². The van der Waals surface area contributed by atoms with Gasteiger partial charge < -0.3 is 19.1 Å². The van der Waals surface area contributed by atoms with Gasteiger partial charge >= 0.3 is 5.97 Å². The van der Waals surface area contributed by atoms with Gasteiger partial charge in [0.1, 0.15) is 24.1 Å². The summed E-state index contributed by atoms with van der Waals surface area (Å²) >= 11 is 0. The molecule has 22 heavy (non-hydrogen) atoms. The van der Waals surface area contributed by atoms with E-state index >= 15 is 0 Å². The minimum atomic E-state index is -0.896. The van der Waals surface area contributed by atoms with Gasteiger partial charge in [0.2, 0.25) is 0 Å². The molecule has 1 aromatic rings. The highest BCUT2D eigenvalue weighted by atomic mass is 16.5. The zero-order valence-corrected chi connectivity index (χ0v) is 12.6. The number of rotatable bonds is 5. The Morgan fingerprint density at radius 3 is 2.64 bits per heavy atom. The summed E-state index contributed by atoms with van der Waals surface area (Å²) in [6.45, 7) is 1.60.